The van der Waals surface area contributed by atoms with E-state index in [0.29, 0.717) is 19.0 Å². The fourth-order valence-electron chi connectivity index (χ4n) is 3.06. The molecule has 1 saturated carbocycles. The van der Waals surface area contributed by atoms with Gasteiger partial charge in [-0.1, -0.05) is 44.0 Å². The Morgan fingerprint density at radius 2 is 2.00 bits per heavy atom. The maximum Gasteiger partial charge on any atom is 0.239 e. The second-order valence-electron chi connectivity index (χ2n) is 6.49. The minimum Gasteiger partial charge on any atom is -0.355 e. The van der Waals surface area contributed by atoms with Gasteiger partial charge in [-0.25, -0.2) is 0 Å². The van der Waals surface area contributed by atoms with Crippen LogP contribution in [-0.4, -0.2) is 45.4 Å². The summed E-state index contributed by atoms with van der Waals surface area (Å²) in [7, 11) is 0. The zero-order valence-electron chi connectivity index (χ0n) is 15.5. The average molecular weight is 380 g/mol. The maximum atomic E-state index is 12.0. The molecular weight excluding hydrogens is 350 g/mol. The molecule has 0 spiro atoms. The molecule has 1 aromatic heterocycles. The first-order valence-electron chi connectivity index (χ1n) is 9.35. The Kier molecular flexibility index (Phi) is 8.67. The van der Waals surface area contributed by atoms with Gasteiger partial charge in [0.15, 0.2) is 5.16 Å². The Bertz CT molecular complexity index is 611. The zero-order valence-corrected chi connectivity index (χ0v) is 16.3. The van der Waals surface area contributed by atoms with Crippen molar-refractivity contribution in [3.05, 3.63) is 18.5 Å². The SMILES string of the molecule is C=CCn1c(SCC(=O)NCC(=O)NCCC)nnc1C1CCCCC1. The Hall–Kier alpha value is -1.83. The molecule has 2 rings (SSSR count). The van der Waals surface area contributed by atoms with Crippen LogP contribution < -0.4 is 10.6 Å². The normalized spacial score (nSPS) is 14.8. The number of nitrogens with zero attached hydrogens (tertiary/aromatic N) is 3. The summed E-state index contributed by atoms with van der Waals surface area (Å²) in [6.07, 6.45) is 8.75. The zero-order chi connectivity index (χ0) is 18.8. The number of amides is 2. The largest absolute Gasteiger partial charge is 0.355 e. The molecule has 1 aliphatic rings. The Morgan fingerprint density at radius 3 is 2.69 bits per heavy atom. The molecular formula is C18H29N5O2S. The summed E-state index contributed by atoms with van der Waals surface area (Å²) in [5.74, 6) is 1.31. The van der Waals surface area contributed by atoms with Crippen LogP contribution in [0, 0.1) is 0 Å². The standard InChI is InChI=1S/C18H29N5O2S/c1-3-10-19-15(24)12-20-16(25)13-26-18-22-21-17(23(18)11-4-2)14-8-6-5-7-9-14/h4,14H,2-3,5-13H2,1H3,(H,19,24)(H,20,25). The van der Waals surface area contributed by atoms with Crippen molar-refractivity contribution in [3.8, 4) is 0 Å². The summed E-state index contributed by atoms with van der Waals surface area (Å²) >= 11 is 1.35. The molecule has 0 aliphatic heterocycles. The summed E-state index contributed by atoms with van der Waals surface area (Å²) in [4.78, 5) is 23.5. The van der Waals surface area contributed by atoms with E-state index in [1.807, 2.05) is 13.0 Å². The molecule has 2 N–H and O–H groups in total. The minimum atomic E-state index is -0.186. The Balaban J connectivity index is 1.88. The van der Waals surface area contributed by atoms with E-state index in [1.165, 1.54) is 31.0 Å². The first kappa shape index (κ1) is 20.5. The van der Waals surface area contributed by atoms with Crippen molar-refractivity contribution in [2.24, 2.45) is 0 Å². The van der Waals surface area contributed by atoms with Gasteiger partial charge >= 0.3 is 0 Å². The van der Waals surface area contributed by atoms with Gasteiger partial charge in [0.1, 0.15) is 5.82 Å². The summed E-state index contributed by atoms with van der Waals surface area (Å²) in [5.41, 5.74) is 0. The molecule has 0 radical (unpaired) electrons. The van der Waals surface area contributed by atoms with Crippen LogP contribution in [0.15, 0.2) is 17.8 Å². The van der Waals surface area contributed by atoms with Crippen LogP contribution >= 0.6 is 11.8 Å². The van der Waals surface area contributed by atoms with Gasteiger partial charge in [-0.05, 0) is 19.3 Å². The van der Waals surface area contributed by atoms with Gasteiger partial charge < -0.3 is 15.2 Å². The van der Waals surface area contributed by atoms with E-state index in [9.17, 15) is 9.59 Å². The molecule has 0 saturated heterocycles. The molecule has 1 fully saturated rings. The van der Waals surface area contributed by atoms with Gasteiger partial charge in [0.05, 0.1) is 12.3 Å². The lowest BCUT2D eigenvalue weighted by atomic mass is 9.89. The molecule has 144 valence electrons. The van der Waals surface area contributed by atoms with Gasteiger partial charge in [-0.2, -0.15) is 0 Å². The quantitative estimate of drug-likeness (QED) is 0.481. The molecule has 1 aliphatic carbocycles. The van der Waals surface area contributed by atoms with Crippen LogP contribution in [0.1, 0.15) is 57.2 Å². The molecule has 1 heterocycles. The molecule has 7 nitrogen and oxygen atoms in total. The van der Waals surface area contributed by atoms with Gasteiger partial charge in [-0.15, -0.1) is 16.8 Å². The number of nitrogens with one attached hydrogen (secondary N) is 2. The van der Waals surface area contributed by atoms with Crippen LogP contribution in [0.5, 0.6) is 0 Å². The molecule has 0 atom stereocenters. The molecule has 1 aromatic rings. The molecule has 0 unspecified atom stereocenters. The summed E-state index contributed by atoms with van der Waals surface area (Å²) in [6, 6.07) is 0. The third kappa shape index (κ3) is 6.16. The highest BCUT2D eigenvalue weighted by Crippen LogP contribution is 2.33. The lowest BCUT2D eigenvalue weighted by Gasteiger charge is -2.21. The van der Waals surface area contributed by atoms with Gasteiger partial charge in [0, 0.05) is 19.0 Å². The molecule has 0 bridgehead atoms. The van der Waals surface area contributed by atoms with E-state index in [0.717, 1.165) is 30.2 Å². The lowest BCUT2D eigenvalue weighted by Crippen LogP contribution is -2.37. The van der Waals surface area contributed by atoms with Crippen LogP contribution in [0.3, 0.4) is 0 Å². The van der Waals surface area contributed by atoms with Crippen LogP contribution in [0.2, 0.25) is 0 Å². The number of hydrogen-bond acceptors (Lipinski definition) is 5. The molecule has 2 amide bonds. The van der Waals surface area contributed by atoms with Crippen LogP contribution in [-0.2, 0) is 16.1 Å². The van der Waals surface area contributed by atoms with E-state index >= 15 is 0 Å². The highest BCUT2D eigenvalue weighted by molar-refractivity contribution is 7.99. The summed E-state index contributed by atoms with van der Waals surface area (Å²) in [6.45, 7) is 7.07. The first-order valence-corrected chi connectivity index (χ1v) is 10.3. The lowest BCUT2D eigenvalue weighted by molar-refractivity contribution is -0.124. The van der Waals surface area contributed by atoms with Crippen LogP contribution in [0.25, 0.3) is 0 Å². The smallest absolute Gasteiger partial charge is 0.239 e. The van der Waals surface area contributed by atoms with Crippen molar-refractivity contribution in [3.63, 3.8) is 0 Å². The Morgan fingerprint density at radius 1 is 1.23 bits per heavy atom. The molecule has 26 heavy (non-hydrogen) atoms. The van der Waals surface area contributed by atoms with E-state index < -0.39 is 0 Å². The van der Waals surface area contributed by atoms with Crippen LogP contribution in [0.4, 0.5) is 0 Å². The predicted octanol–water partition coefficient (Wildman–Crippen LogP) is 2.25. The van der Waals surface area contributed by atoms with Crippen molar-refractivity contribution >= 4 is 23.6 Å². The average Bonchev–Trinajstić information content (AvgIpc) is 3.06. The van der Waals surface area contributed by atoms with Crippen molar-refractivity contribution in [1.82, 2.24) is 25.4 Å². The van der Waals surface area contributed by atoms with Crippen molar-refractivity contribution in [1.29, 1.82) is 0 Å². The molecule has 8 heteroatoms. The number of aromatic nitrogens is 3. The third-order valence-corrected chi connectivity index (χ3v) is 5.34. The fourth-order valence-corrected chi connectivity index (χ4v) is 3.84. The highest BCUT2D eigenvalue weighted by atomic mass is 32.2. The second-order valence-corrected chi connectivity index (χ2v) is 7.43. The number of hydrogen-bond donors (Lipinski definition) is 2. The number of carbonyl (C=O) groups is 2. The maximum absolute atomic E-state index is 12.0. The van der Waals surface area contributed by atoms with Gasteiger partial charge in [-0.3, -0.25) is 9.59 Å². The van der Waals surface area contributed by atoms with E-state index in [-0.39, 0.29) is 24.1 Å². The monoisotopic (exact) mass is 379 g/mol. The van der Waals surface area contributed by atoms with Crippen molar-refractivity contribution < 1.29 is 9.59 Å². The van der Waals surface area contributed by atoms with E-state index in [4.69, 9.17) is 0 Å². The second kappa shape index (κ2) is 11.0. The van der Waals surface area contributed by atoms with Crippen molar-refractivity contribution in [2.75, 3.05) is 18.8 Å². The predicted molar refractivity (Wildman–Crippen MR) is 103 cm³/mol. The number of rotatable bonds is 10. The number of thioether (sulfide) groups is 1. The van der Waals surface area contributed by atoms with E-state index in [2.05, 4.69) is 32.0 Å². The highest BCUT2D eigenvalue weighted by Gasteiger charge is 2.23. The Labute approximate surface area is 159 Å². The van der Waals surface area contributed by atoms with E-state index in [1.54, 1.807) is 0 Å². The first-order chi connectivity index (χ1) is 12.7. The summed E-state index contributed by atoms with van der Waals surface area (Å²) < 4.78 is 2.06. The number of carbonyl (C=O) groups excluding carboxylic acids is 2. The number of allylic oxidation sites excluding steroid dienone is 1. The molecule has 0 aromatic carbocycles. The fraction of sp³-hybridized carbons (Fsp3) is 0.667. The topological polar surface area (TPSA) is 88.9 Å². The minimum absolute atomic E-state index is 0.00602. The third-order valence-electron chi connectivity index (χ3n) is 4.38. The van der Waals surface area contributed by atoms with Gasteiger partial charge in [0.2, 0.25) is 11.8 Å². The summed E-state index contributed by atoms with van der Waals surface area (Å²) in [5, 5.41) is 14.8. The van der Waals surface area contributed by atoms with Gasteiger partial charge in [0.25, 0.3) is 0 Å². The van der Waals surface area contributed by atoms with Crippen molar-refractivity contribution in [2.45, 2.75) is 63.1 Å².